The summed E-state index contributed by atoms with van der Waals surface area (Å²) in [7, 11) is 1.82. The van der Waals surface area contributed by atoms with Crippen molar-refractivity contribution in [3.63, 3.8) is 0 Å². The Labute approximate surface area is 88.5 Å². The van der Waals surface area contributed by atoms with Gasteiger partial charge < -0.3 is 15.5 Å². The lowest BCUT2D eigenvalue weighted by atomic mass is 10.2. The third-order valence-electron chi connectivity index (χ3n) is 2.57. The van der Waals surface area contributed by atoms with Crippen LogP contribution in [0.3, 0.4) is 0 Å². The zero-order chi connectivity index (χ0) is 10.8. The highest BCUT2D eigenvalue weighted by Crippen LogP contribution is 2.17. The van der Waals surface area contributed by atoms with Crippen LogP contribution >= 0.6 is 0 Å². The Balaban J connectivity index is 2.15. The molecule has 0 bridgehead atoms. The smallest absolute Gasteiger partial charge is 0.241 e. The lowest BCUT2D eigenvalue weighted by Gasteiger charge is -2.33. The van der Waals surface area contributed by atoms with Crippen LogP contribution in [-0.4, -0.2) is 42.5 Å². The lowest BCUT2D eigenvalue weighted by Crippen LogP contribution is -2.48. The van der Waals surface area contributed by atoms with E-state index in [9.17, 15) is 4.79 Å². The van der Waals surface area contributed by atoms with Crippen LogP contribution in [0.1, 0.15) is 0 Å². The highest BCUT2D eigenvalue weighted by molar-refractivity contribution is 5.82. The van der Waals surface area contributed by atoms with Gasteiger partial charge in [-0.1, -0.05) is 0 Å². The molecule has 0 aromatic carbocycles. The number of rotatable bonds is 1. The Morgan fingerprint density at radius 3 is 2.87 bits per heavy atom. The highest BCUT2D eigenvalue weighted by atomic mass is 16.2. The molecule has 0 saturated carbocycles. The van der Waals surface area contributed by atoms with E-state index in [0.29, 0.717) is 12.2 Å². The molecule has 15 heavy (non-hydrogen) atoms. The van der Waals surface area contributed by atoms with Crippen molar-refractivity contribution < 1.29 is 4.79 Å². The van der Waals surface area contributed by atoms with E-state index >= 15 is 0 Å². The van der Waals surface area contributed by atoms with Crippen molar-refractivity contribution in [1.29, 1.82) is 0 Å². The van der Waals surface area contributed by atoms with Crippen molar-refractivity contribution in [1.82, 2.24) is 9.88 Å². The van der Waals surface area contributed by atoms with E-state index in [1.807, 2.05) is 18.0 Å². The van der Waals surface area contributed by atoms with Gasteiger partial charge in [-0.15, -0.1) is 0 Å². The minimum absolute atomic E-state index is 0.128. The van der Waals surface area contributed by atoms with Crippen LogP contribution in [0.15, 0.2) is 18.5 Å². The average Bonchev–Trinajstić information content (AvgIpc) is 2.22. The number of likely N-dealkylation sites (N-methyl/N-ethyl adjacent to an activating group) is 1. The lowest BCUT2D eigenvalue weighted by molar-refractivity contribution is -0.129. The van der Waals surface area contributed by atoms with Crippen LogP contribution in [0, 0.1) is 0 Å². The number of nitrogens with two attached hydrogens (primary N) is 1. The SMILES string of the molecule is CN1CCN(c2cncc(N)c2)CC1=O. The number of carbonyl (C=O) groups is 1. The molecular formula is C10H14N4O. The summed E-state index contributed by atoms with van der Waals surface area (Å²) in [4.78, 5) is 19.2. The van der Waals surface area contributed by atoms with Crippen LogP contribution in [-0.2, 0) is 4.79 Å². The van der Waals surface area contributed by atoms with Gasteiger partial charge in [0.2, 0.25) is 5.91 Å². The summed E-state index contributed by atoms with van der Waals surface area (Å²) in [5, 5.41) is 0. The fraction of sp³-hybridized carbons (Fsp3) is 0.400. The van der Waals surface area contributed by atoms with Crippen molar-refractivity contribution in [2.75, 3.05) is 37.3 Å². The maximum Gasteiger partial charge on any atom is 0.241 e. The summed E-state index contributed by atoms with van der Waals surface area (Å²) >= 11 is 0. The van der Waals surface area contributed by atoms with Crippen molar-refractivity contribution in [2.45, 2.75) is 0 Å². The van der Waals surface area contributed by atoms with Gasteiger partial charge in [0.25, 0.3) is 0 Å². The van der Waals surface area contributed by atoms with Gasteiger partial charge in [-0.05, 0) is 6.07 Å². The van der Waals surface area contributed by atoms with Gasteiger partial charge in [-0.3, -0.25) is 9.78 Å². The van der Waals surface area contributed by atoms with E-state index in [-0.39, 0.29) is 5.91 Å². The molecule has 0 atom stereocenters. The number of hydrogen-bond donors (Lipinski definition) is 1. The number of nitrogen functional groups attached to an aromatic ring is 1. The number of anilines is 2. The number of pyridine rings is 1. The van der Waals surface area contributed by atoms with Crippen LogP contribution in [0.25, 0.3) is 0 Å². The number of aromatic nitrogens is 1. The van der Waals surface area contributed by atoms with Gasteiger partial charge in [0.15, 0.2) is 0 Å². The fourth-order valence-electron chi connectivity index (χ4n) is 1.60. The first-order valence-corrected chi connectivity index (χ1v) is 4.86. The molecule has 5 heteroatoms. The molecule has 0 radical (unpaired) electrons. The van der Waals surface area contributed by atoms with Crippen molar-refractivity contribution in [2.24, 2.45) is 0 Å². The highest BCUT2D eigenvalue weighted by Gasteiger charge is 2.21. The molecule has 1 aromatic heterocycles. The summed E-state index contributed by atoms with van der Waals surface area (Å²) in [5.41, 5.74) is 7.18. The van der Waals surface area contributed by atoms with Crippen molar-refractivity contribution >= 4 is 17.3 Å². The quantitative estimate of drug-likeness (QED) is 0.699. The maximum absolute atomic E-state index is 11.5. The molecule has 1 aliphatic rings. The Morgan fingerprint density at radius 2 is 2.20 bits per heavy atom. The number of hydrogen-bond acceptors (Lipinski definition) is 4. The number of amides is 1. The molecule has 1 amide bonds. The molecule has 0 unspecified atom stereocenters. The third kappa shape index (κ3) is 2.01. The summed E-state index contributed by atoms with van der Waals surface area (Å²) in [6.45, 7) is 1.97. The van der Waals surface area contributed by atoms with Gasteiger partial charge in [-0.2, -0.15) is 0 Å². The maximum atomic E-state index is 11.5. The van der Waals surface area contributed by atoms with Crippen molar-refractivity contribution in [3.8, 4) is 0 Å². The van der Waals surface area contributed by atoms with E-state index in [4.69, 9.17) is 5.73 Å². The molecule has 80 valence electrons. The molecule has 2 N–H and O–H groups in total. The second-order valence-corrected chi connectivity index (χ2v) is 3.71. The number of carbonyl (C=O) groups excluding carboxylic acids is 1. The van der Waals surface area contributed by atoms with E-state index < -0.39 is 0 Å². The summed E-state index contributed by atoms with van der Waals surface area (Å²) in [6.07, 6.45) is 3.33. The molecular weight excluding hydrogens is 192 g/mol. The van der Waals surface area contributed by atoms with Gasteiger partial charge in [0.05, 0.1) is 24.1 Å². The number of nitrogens with zero attached hydrogens (tertiary/aromatic N) is 3. The molecule has 5 nitrogen and oxygen atoms in total. The molecule has 2 heterocycles. The average molecular weight is 206 g/mol. The largest absolute Gasteiger partial charge is 0.397 e. The fourth-order valence-corrected chi connectivity index (χ4v) is 1.60. The van der Waals surface area contributed by atoms with E-state index in [0.717, 1.165) is 18.8 Å². The Morgan fingerprint density at radius 1 is 1.40 bits per heavy atom. The Kier molecular flexibility index (Phi) is 2.45. The predicted molar refractivity (Wildman–Crippen MR) is 58.5 cm³/mol. The van der Waals surface area contributed by atoms with Gasteiger partial charge >= 0.3 is 0 Å². The summed E-state index contributed by atoms with van der Waals surface area (Å²) in [6, 6.07) is 1.84. The minimum atomic E-state index is 0.128. The Hall–Kier alpha value is -1.78. The summed E-state index contributed by atoms with van der Waals surface area (Å²) in [5.74, 6) is 0.128. The molecule has 0 aliphatic carbocycles. The molecule has 1 fully saturated rings. The normalized spacial score (nSPS) is 17.0. The Bertz CT molecular complexity index is 379. The van der Waals surface area contributed by atoms with Gasteiger partial charge in [0.1, 0.15) is 0 Å². The van der Waals surface area contributed by atoms with E-state index in [1.165, 1.54) is 0 Å². The van der Waals surface area contributed by atoms with Crippen LogP contribution in [0.2, 0.25) is 0 Å². The monoisotopic (exact) mass is 206 g/mol. The first-order chi connectivity index (χ1) is 7.16. The van der Waals surface area contributed by atoms with Crippen LogP contribution in [0.5, 0.6) is 0 Å². The zero-order valence-electron chi connectivity index (χ0n) is 8.68. The second kappa shape index (κ2) is 3.76. The van der Waals surface area contributed by atoms with Gasteiger partial charge in [0, 0.05) is 26.3 Å². The standard InChI is InChI=1S/C10H14N4O/c1-13-2-3-14(7-10(13)15)9-4-8(11)5-12-6-9/h4-6H,2-3,7,11H2,1H3. The number of piperazine rings is 1. The van der Waals surface area contributed by atoms with E-state index in [1.54, 1.807) is 17.3 Å². The second-order valence-electron chi connectivity index (χ2n) is 3.71. The van der Waals surface area contributed by atoms with Crippen molar-refractivity contribution in [3.05, 3.63) is 18.5 Å². The zero-order valence-corrected chi connectivity index (χ0v) is 8.68. The summed E-state index contributed by atoms with van der Waals surface area (Å²) < 4.78 is 0. The van der Waals surface area contributed by atoms with Crippen LogP contribution in [0.4, 0.5) is 11.4 Å². The topological polar surface area (TPSA) is 62.5 Å². The third-order valence-corrected chi connectivity index (χ3v) is 2.57. The molecule has 0 spiro atoms. The molecule has 1 saturated heterocycles. The molecule has 2 rings (SSSR count). The molecule has 1 aromatic rings. The van der Waals surface area contributed by atoms with Gasteiger partial charge in [-0.25, -0.2) is 0 Å². The van der Waals surface area contributed by atoms with E-state index in [2.05, 4.69) is 4.98 Å². The molecule has 1 aliphatic heterocycles. The predicted octanol–water partition coefficient (Wildman–Crippen LogP) is -0.0578. The van der Waals surface area contributed by atoms with Crippen LogP contribution < -0.4 is 10.6 Å². The minimum Gasteiger partial charge on any atom is -0.397 e. The first kappa shape index (κ1) is 9.76. The first-order valence-electron chi connectivity index (χ1n) is 4.86.